The summed E-state index contributed by atoms with van der Waals surface area (Å²) in [6.07, 6.45) is 0.414. The van der Waals surface area contributed by atoms with E-state index < -0.39 is 0 Å². The highest BCUT2D eigenvalue weighted by atomic mass is 16.2. The molecule has 5 nitrogen and oxygen atoms in total. The fourth-order valence-electron chi connectivity index (χ4n) is 2.38. The van der Waals surface area contributed by atoms with Crippen molar-refractivity contribution in [3.63, 3.8) is 0 Å². The van der Waals surface area contributed by atoms with E-state index in [9.17, 15) is 9.59 Å². The molecule has 0 heterocycles. The molecule has 1 unspecified atom stereocenters. The quantitative estimate of drug-likeness (QED) is 0.721. The van der Waals surface area contributed by atoms with Crippen LogP contribution in [0.3, 0.4) is 0 Å². The van der Waals surface area contributed by atoms with Gasteiger partial charge in [-0.2, -0.15) is 0 Å². The summed E-state index contributed by atoms with van der Waals surface area (Å²) in [5.41, 5.74) is 3.47. The molecule has 0 saturated heterocycles. The molecule has 1 atom stereocenters. The molecular weight excluding hydrogens is 314 g/mol. The zero-order valence-corrected chi connectivity index (χ0v) is 14.9. The molecular formula is C20H25N3O2. The van der Waals surface area contributed by atoms with E-state index in [-0.39, 0.29) is 24.4 Å². The molecule has 0 aromatic heterocycles. The first-order valence-electron chi connectivity index (χ1n) is 8.48. The average Bonchev–Trinajstić information content (AvgIpc) is 2.63. The van der Waals surface area contributed by atoms with Crippen LogP contribution >= 0.6 is 0 Å². The normalized spacial score (nSPS) is 11.6. The molecule has 5 heteroatoms. The highest BCUT2D eigenvalue weighted by Gasteiger charge is 2.09. The van der Waals surface area contributed by atoms with Gasteiger partial charge in [0, 0.05) is 23.8 Å². The van der Waals surface area contributed by atoms with E-state index in [1.807, 2.05) is 56.3 Å². The minimum Gasteiger partial charge on any atom is -0.326 e. The van der Waals surface area contributed by atoms with Crippen LogP contribution in [0.25, 0.3) is 0 Å². The lowest BCUT2D eigenvalue weighted by Crippen LogP contribution is -2.30. The number of carbonyl (C=O) groups is 2. The Balaban J connectivity index is 1.92. The summed E-state index contributed by atoms with van der Waals surface area (Å²) in [6, 6.07) is 15.5. The van der Waals surface area contributed by atoms with Gasteiger partial charge < -0.3 is 16.0 Å². The second-order valence-corrected chi connectivity index (χ2v) is 5.99. The summed E-state index contributed by atoms with van der Waals surface area (Å²) in [7, 11) is 0. The Morgan fingerprint density at radius 2 is 1.72 bits per heavy atom. The average molecular weight is 339 g/mol. The van der Waals surface area contributed by atoms with Gasteiger partial charge in [0.05, 0.1) is 6.54 Å². The van der Waals surface area contributed by atoms with Gasteiger partial charge in [-0.25, -0.2) is 0 Å². The summed E-state index contributed by atoms with van der Waals surface area (Å²) < 4.78 is 0. The van der Waals surface area contributed by atoms with Crippen molar-refractivity contribution in [1.29, 1.82) is 0 Å². The Kier molecular flexibility index (Phi) is 6.71. The largest absolute Gasteiger partial charge is 0.326 e. The predicted molar refractivity (Wildman–Crippen MR) is 102 cm³/mol. The lowest BCUT2D eigenvalue weighted by atomic mass is 10.1. The number of anilines is 2. The van der Waals surface area contributed by atoms with E-state index in [0.29, 0.717) is 12.1 Å². The van der Waals surface area contributed by atoms with Gasteiger partial charge in [-0.3, -0.25) is 9.59 Å². The first-order chi connectivity index (χ1) is 12.0. The first kappa shape index (κ1) is 18.7. The second-order valence-electron chi connectivity index (χ2n) is 5.99. The van der Waals surface area contributed by atoms with Crippen LogP contribution in [0.2, 0.25) is 0 Å². The lowest BCUT2D eigenvalue weighted by Gasteiger charge is -2.15. The zero-order chi connectivity index (χ0) is 18.2. The minimum atomic E-state index is -0.126. The zero-order valence-electron chi connectivity index (χ0n) is 14.9. The molecule has 0 fully saturated rings. The van der Waals surface area contributed by atoms with Gasteiger partial charge in [-0.15, -0.1) is 0 Å². The molecule has 0 aliphatic heterocycles. The Bertz CT molecular complexity index is 729. The smallest absolute Gasteiger partial charge is 0.238 e. The van der Waals surface area contributed by atoms with Crippen LogP contribution < -0.4 is 16.0 Å². The summed E-state index contributed by atoms with van der Waals surface area (Å²) in [4.78, 5) is 23.7. The Hall–Kier alpha value is -2.66. The van der Waals surface area contributed by atoms with E-state index in [0.717, 1.165) is 16.8 Å². The fourth-order valence-corrected chi connectivity index (χ4v) is 2.38. The monoisotopic (exact) mass is 339 g/mol. The molecule has 0 radical (unpaired) electrons. The topological polar surface area (TPSA) is 70.2 Å². The summed E-state index contributed by atoms with van der Waals surface area (Å²) in [6.45, 7) is 5.95. The molecule has 0 bridgehead atoms. The summed E-state index contributed by atoms with van der Waals surface area (Å²) >= 11 is 0. The Morgan fingerprint density at radius 3 is 2.40 bits per heavy atom. The highest BCUT2D eigenvalue weighted by molar-refractivity contribution is 5.95. The number of nitrogens with one attached hydrogen (secondary N) is 3. The molecule has 25 heavy (non-hydrogen) atoms. The molecule has 2 aromatic rings. The molecule has 2 amide bonds. The van der Waals surface area contributed by atoms with Gasteiger partial charge in [0.1, 0.15) is 0 Å². The third-order valence-corrected chi connectivity index (χ3v) is 3.98. The maximum atomic E-state index is 12.2. The number of aryl methyl sites for hydroxylation is 1. The molecule has 2 rings (SSSR count). The molecule has 3 N–H and O–H groups in total. The van der Waals surface area contributed by atoms with Gasteiger partial charge in [0.25, 0.3) is 0 Å². The Labute approximate surface area is 148 Å². The first-order valence-corrected chi connectivity index (χ1v) is 8.48. The summed E-state index contributed by atoms with van der Waals surface area (Å²) in [5, 5.41) is 8.90. The maximum Gasteiger partial charge on any atom is 0.238 e. The lowest BCUT2D eigenvalue weighted by molar-refractivity contribution is -0.116. The molecule has 2 aromatic carbocycles. The predicted octanol–water partition coefficient (Wildman–Crippen LogP) is 3.63. The number of hydrogen-bond acceptors (Lipinski definition) is 3. The van der Waals surface area contributed by atoms with E-state index >= 15 is 0 Å². The number of hydrogen-bond donors (Lipinski definition) is 3. The third kappa shape index (κ3) is 5.72. The van der Waals surface area contributed by atoms with Gasteiger partial charge in [-0.1, -0.05) is 43.3 Å². The van der Waals surface area contributed by atoms with Crippen molar-refractivity contribution in [3.05, 3.63) is 59.7 Å². The van der Waals surface area contributed by atoms with E-state index in [1.54, 1.807) is 13.0 Å². The van der Waals surface area contributed by atoms with E-state index in [2.05, 4.69) is 16.0 Å². The summed E-state index contributed by atoms with van der Waals surface area (Å²) in [5.74, 6) is -0.177. The molecule has 132 valence electrons. The number of carbonyl (C=O) groups excluding carboxylic acids is 2. The van der Waals surface area contributed by atoms with Crippen LogP contribution in [-0.2, 0) is 9.59 Å². The van der Waals surface area contributed by atoms with Crippen LogP contribution in [0.15, 0.2) is 48.5 Å². The van der Waals surface area contributed by atoms with Gasteiger partial charge in [-0.05, 0) is 37.1 Å². The van der Waals surface area contributed by atoms with Crippen molar-refractivity contribution >= 4 is 23.2 Å². The van der Waals surface area contributed by atoms with Crippen molar-refractivity contribution in [2.45, 2.75) is 33.2 Å². The van der Waals surface area contributed by atoms with Gasteiger partial charge in [0.2, 0.25) is 11.8 Å². The van der Waals surface area contributed by atoms with Crippen molar-refractivity contribution < 1.29 is 9.59 Å². The van der Waals surface area contributed by atoms with Crippen molar-refractivity contribution in [3.8, 4) is 0 Å². The molecule has 0 spiro atoms. The van der Waals surface area contributed by atoms with Crippen LogP contribution in [-0.4, -0.2) is 18.4 Å². The van der Waals surface area contributed by atoms with Crippen LogP contribution in [0.1, 0.15) is 37.4 Å². The van der Waals surface area contributed by atoms with Crippen LogP contribution in [0.5, 0.6) is 0 Å². The van der Waals surface area contributed by atoms with Crippen molar-refractivity contribution in [2.24, 2.45) is 0 Å². The number of benzene rings is 2. The van der Waals surface area contributed by atoms with E-state index in [1.165, 1.54) is 0 Å². The standard InChI is InChI=1S/C20H25N3O2/c1-4-19(24)23-18-12-17(11-10-14(18)2)22-20(25)13-21-15(3)16-8-6-5-7-9-16/h5-12,15,21H,4,13H2,1-3H3,(H,22,25)(H,23,24). The Morgan fingerprint density at radius 1 is 1.00 bits per heavy atom. The van der Waals surface area contributed by atoms with Gasteiger partial charge >= 0.3 is 0 Å². The number of amides is 2. The SMILES string of the molecule is CCC(=O)Nc1cc(NC(=O)CNC(C)c2ccccc2)ccc1C. The van der Waals surface area contributed by atoms with E-state index in [4.69, 9.17) is 0 Å². The van der Waals surface area contributed by atoms with Gasteiger partial charge in [0.15, 0.2) is 0 Å². The minimum absolute atomic E-state index is 0.0510. The highest BCUT2D eigenvalue weighted by Crippen LogP contribution is 2.20. The number of rotatable bonds is 7. The maximum absolute atomic E-state index is 12.2. The van der Waals surface area contributed by atoms with Crippen LogP contribution in [0.4, 0.5) is 11.4 Å². The van der Waals surface area contributed by atoms with Crippen molar-refractivity contribution in [1.82, 2.24) is 5.32 Å². The fraction of sp³-hybridized carbons (Fsp3) is 0.300. The van der Waals surface area contributed by atoms with Crippen molar-refractivity contribution in [2.75, 3.05) is 17.2 Å². The molecule has 0 aliphatic carbocycles. The second kappa shape index (κ2) is 8.99. The molecule has 0 aliphatic rings. The van der Waals surface area contributed by atoms with Crippen LogP contribution in [0, 0.1) is 6.92 Å². The third-order valence-electron chi connectivity index (χ3n) is 3.98. The molecule has 0 saturated carbocycles.